The first-order chi connectivity index (χ1) is 6.68. The van der Waals surface area contributed by atoms with Gasteiger partial charge in [-0.05, 0) is 25.1 Å². The number of hydrogen-bond donors (Lipinski definition) is 1. The topological polar surface area (TPSA) is 32.7 Å². The summed E-state index contributed by atoms with van der Waals surface area (Å²) >= 11 is 3.40. The molecule has 0 amide bonds. The van der Waals surface area contributed by atoms with Crippen LogP contribution in [0.15, 0.2) is 22.7 Å². The maximum Gasteiger partial charge on any atom is 0.142 e. The van der Waals surface area contributed by atoms with Gasteiger partial charge < -0.3 is 14.7 Å². The van der Waals surface area contributed by atoms with Gasteiger partial charge in [0.1, 0.15) is 18.6 Å². The summed E-state index contributed by atoms with van der Waals surface area (Å²) in [6.45, 7) is 3.11. The van der Waals surface area contributed by atoms with Crippen LogP contribution in [0.4, 0.5) is 5.69 Å². The van der Waals surface area contributed by atoms with Crippen LogP contribution < -0.4 is 9.64 Å². The van der Waals surface area contributed by atoms with E-state index in [9.17, 15) is 5.11 Å². The molecule has 14 heavy (non-hydrogen) atoms. The van der Waals surface area contributed by atoms with E-state index in [0.29, 0.717) is 6.61 Å². The number of anilines is 1. The number of halogens is 1. The highest BCUT2D eigenvalue weighted by atomic mass is 79.9. The summed E-state index contributed by atoms with van der Waals surface area (Å²) in [4.78, 5) is 1.92. The molecule has 1 unspecified atom stereocenters. The molecule has 1 atom stereocenters. The third kappa shape index (κ3) is 1.72. The molecular formula is C10H12BrNO2. The molecule has 4 heteroatoms. The molecule has 1 aliphatic heterocycles. The summed E-state index contributed by atoms with van der Waals surface area (Å²) in [5, 5.41) is 9.57. The standard InChI is InChI=1S/C10H12BrNO2/c1-7(13)12-4-5-14-10-3-2-8(11)6-9(10)12/h2-3,6-7,13H,4-5H2,1H3. The van der Waals surface area contributed by atoms with E-state index in [4.69, 9.17) is 4.74 Å². The van der Waals surface area contributed by atoms with Crippen LogP contribution in [0.5, 0.6) is 5.75 Å². The molecule has 0 radical (unpaired) electrons. The first-order valence-corrected chi connectivity index (χ1v) is 5.35. The van der Waals surface area contributed by atoms with Gasteiger partial charge in [0.25, 0.3) is 0 Å². The van der Waals surface area contributed by atoms with E-state index in [1.54, 1.807) is 6.92 Å². The van der Waals surface area contributed by atoms with Crippen molar-refractivity contribution >= 4 is 21.6 Å². The minimum Gasteiger partial charge on any atom is -0.490 e. The van der Waals surface area contributed by atoms with Gasteiger partial charge in [0.05, 0.1) is 12.2 Å². The highest BCUT2D eigenvalue weighted by molar-refractivity contribution is 9.10. The maximum absolute atomic E-state index is 9.57. The van der Waals surface area contributed by atoms with Gasteiger partial charge in [0.2, 0.25) is 0 Å². The Bertz CT molecular complexity index is 341. The van der Waals surface area contributed by atoms with Crippen LogP contribution in [0.1, 0.15) is 6.92 Å². The molecule has 0 saturated heterocycles. The summed E-state index contributed by atoms with van der Waals surface area (Å²) in [5.41, 5.74) is 0.945. The predicted molar refractivity (Wildman–Crippen MR) is 58.7 cm³/mol. The third-order valence-corrected chi connectivity index (χ3v) is 2.76. The van der Waals surface area contributed by atoms with Crippen LogP contribution in [0.25, 0.3) is 0 Å². The van der Waals surface area contributed by atoms with Gasteiger partial charge in [-0.2, -0.15) is 0 Å². The molecule has 1 aromatic carbocycles. The van der Waals surface area contributed by atoms with Gasteiger partial charge in [-0.25, -0.2) is 0 Å². The molecule has 1 N–H and O–H groups in total. The van der Waals surface area contributed by atoms with Gasteiger partial charge in [0, 0.05) is 4.47 Å². The molecule has 0 spiro atoms. The van der Waals surface area contributed by atoms with Crippen LogP contribution in [-0.4, -0.2) is 24.5 Å². The second-order valence-corrected chi connectivity index (χ2v) is 4.20. The summed E-state index contributed by atoms with van der Waals surface area (Å²) < 4.78 is 6.48. The number of aliphatic hydroxyl groups is 1. The Hall–Kier alpha value is -0.740. The zero-order valence-corrected chi connectivity index (χ0v) is 9.49. The van der Waals surface area contributed by atoms with E-state index in [-0.39, 0.29) is 0 Å². The Balaban J connectivity index is 2.41. The van der Waals surface area contributed by atoms with Crippen molar-refractivity contribution in [2.75, 3.05) is 18.1 Å². The zero-order valence-electron chi connectivity index (χ0n) is 7.90. The molecule has 1 aliphatic rings. The highest BCUT2D eigenvalue weighted by Crippen LogP contribution is 2.34. The van der Waals surface area contributed by atoms with E-state index in [0.717, 1.165) is 22.5 Å². The zero-order chi connectivity index (χ0) is 10.1. The average molecular weight is 258 g/mol. The SMILES string of the molecule is CC(O)N1CCOc2ccc(Br)cc21. The van der Waals surface area contributed by atoms with Gasteiger partial charge in [-0.3, -0.25) is 0 Å². The molecule has 0 aromatic heterocycles. The van der Waals surface area contributed by atoms with Crippen molar-refractivity contribution in [3.05, 3.63) is 22.7 Å². The lowest BCUT2D eigenvalue weighted by atomic mass is 10.2. The molecule has 0 saturated carbocycles. The fourth-order valence-corrected chi connectivity index (χ4v) is 1.95. The van der Waals surface area contributed by atoms with E-state index >= 15 is 0 Å². The Morgan fingerprint density at radius 2 is 2.36 bits per heavy atom. The van der Waals surface area contributed by atoms with Gasteiger partial charge >= 0.3 is 0 Å². The quantitative estimate of drug-likeness (QED) is 0.836. The summed E-state index contributed by atoms with van der Waals surface area (Å²) in [6.07, 6.45) is -0.480. The predicted octanol–water partition coefficient (Wildman–Crippen LogP) is 1.99. The number of rotatable bonds is 1. The number of benzene rings is 1. The molecule has 0 aliphatic carbocycles. The normalized spacial score (nSPS) is 17.2. The van der Waals surface area contributed by atoms with Crippen molar-refractivity contribution in [3.8, 4) is 5.75 Å². The largest absolute Gasteiger partial charge is 0.490 e. The molecule has 1 aromatic rings. The second kappa shape index (κ2) is 3.79. The molecule has 2 rings (SSSR count). The van der Waals surface area contributed by atoms with E-state index in [1.807, 2.05) is 23.1 Å². The summed E-state index contributed by atoms with van der Waals surface area (Å²) in [6, 6.07) is 5.81. The number of fused-ring (bicyclic) bond motifs is 1. The van der Waals surface area contributed by atoms with Crippen molar-refractivity contribution in [3.63, 3.8) is 0 Å². The van der Waals surface area contributed by atoms with Crippen LogP contribution in [-0.2, 0) is 0 Å². The smallest absolute Gasteiger partial charge is 0.142 e. The lowest BCUT2D eigenvalue weighted by Crippen LogP contribution is -2.39. The number of nitrogens with zero attached hydrogens (tertiary/aromatic N) is 1. The molecule has 1 heterocycles. The Kier molecular flexibility index (Phi) is 2.65. The summed E-state index contributed by atoms with van der Waals surface area (Å²) in [5.74, 6) is 0.834. The van der Waals surface area contributed by atoms with Gasteiger partial charge in [-0.15, -0.1) is 0 Å². The fraction of sp³-hybridized carbons (Fsp3) is 0.400. The number of ether oxygens (including phenoxy) is 1. The molecular weight excluding hydrogens is 246 g/mol. The van der Waals surface area contributed by atoms with E-state index in [2.05, 4.69) is 15.9 Å². The van der Waals surface area contributed by atoms with Gasteiger partial charge in [-0.1, -0.05) is 15.9 Å². The van der Waals surface area contributed by atoms with Crippen molar-refractivity contribution in [2.45, 2.75) is 13.2 Å². The van der Waals surface area contributed by atoms with Crippen molar-refractivity contribution in [2.24, 2.45) is 0 Å². The lowest BCUT2D eigenvalue weighted by molar-refractivity contribution is 0.171. The molecule has 0 fully saturated rings. The summed E-state index contributed by atoms with van der Waals surface area (Å²) in [7, 11) is 0. The molecule has 0 bridgehead atoms. The third-order valence-electron chi connectivity index (χ3n) is 2.27. The lowest BCUT2D eigenvalue weighted by Gasteiger charge is -2.33. The Labute approximate surface area is 91.4 Å². The average Bonchev–Trinajstić information content (AvgIpc) is 2.16. The minimum atomic E-state index is -0.480. The fourth-order valence-electron chi connectivity index (χ4n) is 1.60. The Morgan fingerprint density at radius 1 is 1.57 bits per heavy atom. The van der Waals surface area contributed by atoms with Crippen LogP contribution >= 0.6 is 15.9 Å². The number of hydrogen-bond acceptors (Lipinski definition) is 3. The highest BCUT2D eigenvalue weighted by Gasteiger charge is 2.20. The van der Waals surface area contributed by atoms with Crippen molar-refractivity contribution < 1.29 is 9.84 Å². The second-order valence-electron chi connectivity index (χ2n) is 3.29. The minimum absolute atomic E-state index is 0.480. The van der Waals surface area contributed by atoms with Crippen molar-refractivity contribution in [1.82, 2.24) is 0 Å². The van der Waals surface area contributed by atoms with Crippen LogP contribution in [0.3, 0.4) is 0 Å². The monoisotopic (exact) mass is 257 g/mol. The number of aliphatic hydroxyl groups excluding tert-OH is 1. The first kappa shape index (κ1) is 9.80. The Morgan fingerprint density at radius 3 is 3.07 bits per heavy atom. The van der Waals surface area contributed by atoms with E-state index in [1.165, 1.54) is 0 Å². The maximum atomic E-state index is 9.57. The van der Waals surface area contributed by atoms with Gasteiger partial charge in [0.15, 0.2) is 0 Å². The van der Waals surface area contributed by atoms with Crippen LogP contribution in [0.2, 0.25) is 0 Å². The van der Waals surface area contributed by atoms with E-state index < -0.39 is 6.23 Å². The molecule has 76 valence electrons. The van der Waals surface area contributed by atoms with Crippen LogP contribution in [0, 0.1) is 0 Å². The molecule has 3 nitrogen and oxygen atoms in total. The first-order valence-electron chi connectivity index (χ1n) is 4.55. The van der Waals surface area contributed by atoms with Crippen molar-refractivity contribution in [1.29, 1.82) is 0 Å².